The van der Waals surface area contributed by atoms with Gasteiger partial charge in [-0.1, -0.05) is 30.3 Å². The Morgan fingerprint density at radius 1 is 0.773 bits per heavy atom. The molecule has 2 aliphatic heterocycles. The molecule has 2 saturated heterocycles. The zero-order chi connectivity index (χ0) is 15.4. The molecule has 0 radical (unpaired) electrons. The third-order valence-corrected chi connectivity index (χ3v) is 6.55. The fraction of sp³-hybridized carbons (Fsp3) is 0.625. The summed E-state index contributed by atoms with van der Waals surface area (Å²) in [4.78, 5) is 2.36. The molecule has 0 unspecified atom stereocenters. The van der Waals surface area contributed by atoms with E-state index in [4.69, 9.17) is 0 Å². The molecule has 1 aromatic rings. The molecule has 0 saturated carbocycles. The summed E-state index contributed by atoms with van der Waals surface area (Å²) in [5, 5.41) is 0. The predicted octanol–water partition coefficient (Wildman–Crippen LogP) is 1.53. The van der Waals surface area contributed by atoms with Crippen molar-refractivity contribution in [1.82, 2.24) is 13.5 Å². The van der Waals surface area contributed by atoms with Crippen LogP contribution in [0.25, 0.3) is 0 Å². The van der Waals surface area contributed by atoms with Crippen molar-refractivity contribution in [2.75, 3.05) is 39.3 Å². The van der Waals surface area contributed by atoms with E-state index in [9.17, 15) is 8.42 Å². The molecule has 6 heteroatoms. The molecule has 0 N–H and O–H groups in total. The summed E-state index contributed by atoms with van der Waals surface area (Å²) in [6, 6.07) is 10.4. The number of hydrogen-bond acceptors (Lipinski definition) is 3. The van der Waals surface area contributed by atoms with E-state index in [1.807, 2.05) is 6.07 Å². The summed E-state index contributed by atoms with van der Waals surface area (Å²) in [7, 11) is -3.24. The minimum Gasteiger partial charge on any atom is -0.298 e. The molecule has 0 spiro atoms. The Bertz CT molecular complexity index is 570. The van der Waals surface area contributed by atoms with Gasteiger partial charge in [0.25, 0.3) is 10.2 Å². The van der Waals surface area contributed by atoms with E-state index < -0.39 is 10.2 Å². The summed E-state index contributed by atoms with van der Waals surface area (Å²) in [6.07, 6.45) is 2.89. The summed E-state index contributed by atoms with van der Waals surface area (Å²) in [6.45, 7) is 5.29. The van der Waals surface area contributed by atoms with Crippen LogP contribution in [0.4, 0.5) is 0 Å². The first-order valence-electron chi connectivity index (χ1n) is 8.18. The number of rotatable bonds is 4. The van der Waals surface area contributed by atoms with Gasteiger partial charge < -0.3 is 0 Å². The molecule has 0 atom stereocenters. The molecule has 2 aliphatic rings. The summed E-state index contributed by atoms with van der Waals surface area (Å²) < 4.78 is 28.6. The van der Waals surface area contributed by atoms with Crippen LogP contribution in [0.1, 0.15) is 24.8 Å². The second-order valence-electron chi connectivity index (χ2n) is 6.13. The van der Waals surface area contributed by atoms with E-state index in [0.29, 0.717) is 26.2 Å². The number of nitrogens with zero attached hydrogens (tertiary/aromatic N) is 3. The monoisotopic (exact) mass is 323 g/mol. The Kier molecular flexibility index (Phi) is 5.13. The molecule has 22 heavy (non-hydrogen) atoms. The summed E-state index contributed by atoms with van der Waals surface area (Å²) in [5.74, 6) is 0. The average Bonchev–Trinajstić information content (AvgIpc) is 2.97. The third-order valence-electron chi connectivity index (χ3n) is 4.51. The maximum atomic E-state index is 12.6. The molecular weight excluding hydrogens is 298 g/mol. The highest BCUT2D eigenvalue weighted by Crippen LogP contribution is 2.18. The van der Waals surface area contributed by atoms with Gasteiger partial charge in [0.15, 0.2) is 0 Å². The normalized spacial score (nSPS) is 22.7. The van der Waals surface area contributed by atoms with Gasteiger partial charge >= 0.3 is 0 Å². The van der Waals surface area contributed by atoms with Crippen LogP contribution in [0.5, 0.6) is 0 Å². The van der Waals surface area contributed by atoms with Crippen molar-refractivity contribution < 1.29 is 8.42 Å². The Balaban J connectivity index is 1.60. The highest BCUT2D eigenvalue weighted by molar-refractivity contribution is 7.86. The minimum atomic E-state index is -3.24. The van der Waals surface area contributed by atoms with Gasteiger partial charge in [0.2, 0.25) is 0 Å². The SMILES string of the molecule is O=S(=O)(N1CCCC1)N1CCCN(Cc2ccccc2)CC1. The van der Waals surface area contributed by atoms with Crippen molar-refractivity contribution in [3.05, 3.63) is 35.9 Å². The summed E-state index contributed by atoms with van der Waals surface area (Å²) >= 11 is 0. The molecular formula is C16H25N3O2S. The second kappa shape index (κ2) is 7.08. The molecule has 0 amide bonds. The molecule has 1 aromatic carbocycles. The zero-order valence-electron chi connectivity index (χ0n) is 13.0. The minimum absolute atomic E-state index is 0.603. The van der Waals surface area contributed by atoms with E-state index in [1.165, 1.54) is 5.56 Å². The van der Waals surface area contributed by atoms with E-state index in [2.05, 4.69) is 29.2 Å². The first-order valence-corrected chi connectivity index (χ1v) is 9.57. The third kappa shape index (κ3) is 3.68. The van der Waals surface area contributed by atoms with Crippen LogP contribution in [0.2, 0.25) is 0 Å². The van der Waals surface area contributed by atoms with Crippen LogP contribution in [-0.4, -0.2) is 61.2 Å². The first kappa shape index (κ1) is 15.9. The van der Waals surface area contributed by atoms with Crippen LogP contribution in [0.3, 0.4) is 0 Å². The number of hydrogen-bond donors (Lipinski definition) is 0. The average molecular weight is 323 g/mol. The van der Waals surface area contributed by atoms with Gasteiger partial charge in [0.05, 0.1) is 0 Å². The van der Waals surface area contributed by atoms with E-state index in [-0.39, 0.29) is 0 Å². The van der Waals surface area contributed by atoms with Gasteiger partial charge in [-0.05, 0) is 31.4 Å². The molecule has 2 fully saturated rings. The van der Waals surface area contributed by atoms with Crippen molar-refractivity contribution in [3.8, 4) is 0 Å². The topological polar surface area (TPSA) is 43.9 Å². The zero-order valence-corrected chi connectivity index (χ0v) is 13.8. The van der Waals surface area contributed by atoms with E-state index in [1.54, 1.807) is 8.61 Å². The molecule has 122 valence electrons. The smallest absolute Gasteiger partial charge is 0.282 e. The quantitative estimate of drug-likeness (QED) is 0.844. The molecule has 0 bridgehead atoms. The Hall–Kier alpha value is -0.950. The van der Waals surface area contributed by atoms with Gasteiger partial charge in [-0.15, -0.1) is 0 Å². The van der Waals surface area contributed by atoms with E-state index >= 15 is 0 Å². The molecule has 0 aromatic heterocycles. The Labute approximate surface area is 133 Å². The lowest BCUT2D eigenvalue weighted by Gasteiger charge is -2.26. The largest absolute Gasteiger partial charge is 0.298 e. The summed E-state index contributed by atoms with van der Waals surface area (Å²) in [5.41, 5.74) is 1.29. The molecule has 0 aliphatic carbocycles. The maximum absolute atomic E-state index is 12.6. The van der Waals surface area contributed by atoms with Gasteiger partial charge in [0.1, 0.15) is 0 Å². The lowest BCUT2D eigenvalue weighted by molar-refractivity contribution is 0.276. The van der Waals surface area contributed by atoms with Crippen molar-refractivity contribution in [1.29, 1.82) is 0 Å². The fourth-order valence-electron chi connectivity index (χ4n) is 3.26. The van der Waals surface area contributed by atoms with Gasteiger partial charge in [-0.25, -0.2) is 0 Å². The lowest BCUT2D eigenvalue weighted by atomic mass is 10.2. The van der Waals surface area contributed by atoms with Crippen molar-refractivity contribution in [2.45, 2.75) is 25.8 Å². The Morgan fingerprint density at radius 2 is 1.41 bits per heavy atom. The maximum Gasteiger partial charge on any atom is 0.282 e. The highest BCUT2D eigenvalue weighted by atomic mass is 32.2. The molecule has 2 heterocycles. The fourth-order valence-corrected chi connectivity index (χ4v) is 4.98. The van der Waals surface area contributed by atoms with Gasteiger partial charge in [-0.3, -0.25) is 4.90 Å². The van der Waals surface area contributed by atoms with Crippen molar-refractivity contribution in [2.24, 2.45) is 0 Å². The number of benzene rings is 1. The Morgan fingerprint density at radius 3 is 2.14 bits per heavy atom. The van der Waals surface area contributed by atoms with Crippen molar-refractivity contribution in [3.63, 3.8) is 0 Å². The van der Waals surface area contributed by atoms with Crippen LogP contribution < -0.4 is 0 Å². The van der Waals surface area contributed by atoms with Gasteiger partial charge in [0, 0.05) is 39.3 Å². The first-order chi connectivity index (χ1) is 10.7. The van der Waals surface area contributed by atoms with Crippen molar-refractivity contribution >= 4 is 10.2 Å². The predicted molar refractivity (Wildman–Crippen MR) is 87.6 cm³/mol. The highest BCUT2D eigenvalue weighted by Gasteiger charge is 2.32. The van der Waals surface area contributed by atoms with E-state index in [0.717, 1.165) is 38.9 Å². The second-order valence-corrected chi connectivity index (χ2v) is 8.06. The molecule has 5 nitrogen and oxygen atoms in total. The molecule has 3 rings (SSSR count). The van der Waals surface area contributed by atoms with Crippen LogP contribution in [0.15, 0.2) is 30.3 Å². The standard InChI is InChI=1S/C16H25N3O2S/c20-22(21,18-10-4-5-11-18)19-12-6-9-17(13-14-19)15-16-7-2-1-3-8-16/h1-3,7-8H,4-6,9-15H2. The van der Waals surface area contributed by atoms with Gasteiger partial charge in [-0.2, -0.15) is 17.0 Å². The van der Waals surface area contributed by atoms with Crippen LogP contribution >= 0.6 is 0 Å². The lowest BCUT2D eigenvalue weighted by Crippen LogP contribution is -2.44. The van der Waals surface area contributed by atoms with Crippen LogP contribution in [-0.2, 0) is 16.8 Å². The van der Waals surface area contributed by atoms with Crippen LogP contribution in [0, 0.1) is 0 Å².